The fraction of sp³-hybridized carbons (Fsp3) is 0.200. The molecule has 0 amide bonds. The Kier molecular flexibility index (Phi) is 5.42. The molecule has 0 saturated heterocycles. The summed E-state index contributed by atoms with van der Waals surface area (Å²) in [7, 11) is -1.17. The third kappa shape index (κ3) is 3.96. The van der Waals surface area contributed by atoms with E-state index in [0.29, 0.717) is 28.7 Å². The van der Waals surface area contributed by atoms with Crippen LogP contribution in [0.1, 0.15) is 12.5 Å². The summed E-state index contributed by atoms with van der Waals surface area (Å²) < 4.78 is 19.0. The van der Waals surface area contributed by atoms with E-state index in [-0.39, 0.29) is 0 Å². The predicted octanol–water partition coefficient (Wildman–Crippen LogP) is 3.58. The van der Waals surface area contributed by atoms with Crippen LogP contribution < -0.4 is 10.5 Å². The summed E-state index contributed by atoms with van der Waals surface area (Å²) in [5, 5.41) is 0. The van der Waals surface area contributed by atoms with E-state index in [0.717, 1.165) is 9.13 Å². The lowest BCUT2D eigenvalue weighted by Gasteiger charge is -2.09. The average Bonchev–Trinajstić information content (AvgIpc) is 2.43. The molecule has 0 bridgehead atoms. The standard InChI is InChI=1S/C15H16INO2S/c1-2-19-13-7-8-14(17)15(9-13)20(18)10-11-3-5-12(16)6-4-11/h3-9H,2,10,17H2,1H3. The third-order valence-electron chi connectivity index (χ3n) is 2.75. The maximum Gasteiger partial charge on any atom is 0.120 e. The first kappa shape index (κ1) is 15.3. The first-order valence-corrected chi connectivity index (χ1v) is 8.65. The Morgan fingerprint density at radius 1 is 1.20 bits per heavy atom. The smallest absolute Gasteiger partial charge is 0.120 e. The second-order valence-electron chi connectivity index (χ2n) is 4.25. The summed E-state index contributed by atoms with van der Waals surface area (Å²) in [6.45, 7) is 2.49. The molecule has 0 saturated carbocycles. The summed E-state index contributed by atoms with van der Waals surface area (Å²) in [4.78, 5) is 0.634. The van der Waals surface area contributed by atoms with E-state index in [4.69, 9.17) is 10.5 Å². The molecule has 0 aliphatic heterocycles. The van der Waals surface area contributed by atoms with Crippen molar-refractivity contribution >= 4 is 39.1 Å². The molecule has 3 nitrogen and oxygen atoms in total. The molecule has 20 heavy (non-hydrogen) atoms. The molecule has 0 aliphatic rings. The largest absolute Gasteiger partial charge is 0.494 e. The van der Waals surface area contributed by atoms with Crippen LogP contribution in [0.3, 0.4) is 0 Å². The normalized spacial score (nSPS) is 12.1. The number of nitrogen functional groups attached to an aromatic ring is 1. The molecule has 2 aromatic rings. The van der Waals surface area contributed by atoms with E-state index < -0.39 is 10.8 Å². The number of hydrogen-bond acceptors (Lipinski definition) is 3. The number of rotatable bonds is 5. The SMILES string of the molecule is CCOc1ccc(N)c(S(=O)Cc2ccc(I)cc2)c1. The van der Waals surface area contributed by atoms with Gasteiger partial charge in [-0.2, -0.15) is 0 Å². The fourth-order valence-corrected chi connectivity index (χ4v) is 3.37. The Bertz CT molecular complexity index is 614. The van der Waals surface area contributed by atoms with Crippen molar-refractivity contribution in [2.75, 3.05) is 12.3 Å². The molecule has 1 atom stereocenters. The van der Waals surface area contributed by atoms with E-state index in [1.165, 1.54) is 0 Å². The molecule has 5 heteroatoms. The third-order valence-corrected chi connectivity index (χ3v) is 4.91. The van der Waals surface area contributed by atoms with Crippen molar-refractivity contribution < 1.29 is 8.95 Å². The van der Waals surface area contributed by atoms with Gasteiger partial charge < -0.3 is 10.5 Å². The average molecular weight is 401 g/mol. The van der Waals surface area contributed by atoms with Crippen molar-refractivity contribution in [1.82, 2.24) is 0 Å². The van der Waals surface area contributed by atoms with Crippen molar-refractivity contribution in [2.24, 2.45) is 0 Å². The topological polar surface area (TPSA) is 52.3 Å². The van der Waals surface area contributed by atoms with E-state index in [1.807, 2.05) is 31.2 Å². The van der Waals surface area contributed by atoms with Crippen LogP contribution in [0.15, 0.2) is 47.4 Å². The molecule has 2 rings (SSSR count). The summed E-state index contributed by atoms with van der Waals surface area (Å²) in [6.07, 6.45) is 0. The van der Waals surface area contributed by atoms with Crippen molar-refractivity contribution in [3.05, 3.63) is 51.6 Å². The summed E-state index contributed by atoms with van der Waals surface area (Å²) in [6, 6.07) is 13.3. The molecule has 0 spiro atoms. The van der Waals surface area contributed by atoms with E-state index in [2.05, 4.69) is 22.6 Å². The van der Waals surface area contributed by atoms with Crippen molar-refractivity contribution in [1.29, 1.82) is 0 Å². The van der Waals surface area contributed by atoms with E-state index in [1.54, 1.807) is 18.2 Å². The number of hydrogen-bond donors (Lipinski definition) is 1. The maximum absolute atomic E-state index is 12.5. The highest BCUT2D eigenvalue weighted by Crippen LogP contribution is 2.25. The molecular weight excluding hydrogens is 385 g/mol. The maximum atomic E-state index is 12.5. The van der Waals surface area contributed by atoms with E-state index >= 15 is 0 Å². The summed E-state index contributed by atoms with van der Waals surface area (Å²) in [5.41, 5.74) is 7.49. The molecule has 2 aromatic carbocycles. The van der Waals surface area contributed by atoms with Crippen LogP contribution >= 0.6 is 22.6 Å². The molecule has 0 radical (unpaired) electrons. The highest BCUT2D eigenvalue weighted by atomic mass is 127. The number of anilines is 1. The van der Waals surface area contributed by atoms with Crippen molar-refractivity contribution in [3.63, 3.8) is 0 Å². The van der Waals surface area contributed by atoms with Gasteiger partial charge in [-0.05, 0) is 65.4 Å². The lowest BCUT2D eigenvalue weighted by Crippen LogP contribution is -2.02. The van der Waals surface area contributed by atoms with Gasteiger partial charge >= 0.3 is 0 Å². The van der Waals surface area contributed by atoms with Crippen molar-refractivity contribution in [3.8, 4) is 5.75 Å². The van der Waals surface area contributed by atoms with Crippen LogP contribution in [-0.4, -0.2) is 10.8 Å². The Balaban J connectivity index is 2.19. The zero-order valence-corrected chi connectivity index (χ0v) is 14.1. The Hall–Kier alpha value is -1.08. The molecule has 1 unspecified atom stereocenters. The number of benzene rings is 2. The minimum absolute atomic E-state index is 0.455. The minimum atomic E-state index is -1.17. The molecule has 2 N–H and O–H groups in total. The van der Waals surface area contributed by atoms with Crippen LogP contribution in [0, 0.1) is 3.57 Å². The lowest BCUT2D eigenvalue weighted by atomic mass is 10.2. The van der Waals surface area contributed by atoms with Crippen LogP contribution in [0.2, 0.25) is 0 Å². The van der Waals surface area contributed by atoms with Gasteiger partial charge in [-0.1, -0.05) is 12.1 Å². The van der Waals surface area contributed by atoms with Gasteiger partial charge in [0.05, 0.1) is 28.1 Å². The van der Waals surface area contributed by atoms with Crippen LogP contribution in [0.4, 0.5) is 5.69 Å². The molecule has 0 heterocycles. The molecule has 0 fully saturated rings. The van der Waals surface area contributed by atoms with E-state index in [9.17, 15) is 4.21 Å². The minimum Gasteiger partial charge on any atom is -0.494 e. The molecule has 106 valence electrons. The number of halogens is 1. The van der Waals surface area contributed by atoms with Gasteiger partial charge in [0.25, 0.3) is 0 Å². The summed E-state index contributed by atoms with van der Waals surface area (Å²) >= 11 is 2.25. The van der Waals surface area contributed by atoms with Crippen molar-refractivity contribution in [2.45, 2.75) is 17.6 Å². The zero-order chi connectivity index (χ0) is 14.5. The monoisotopic (exact) mass is 401 g/mol. The van der Waals surface area contributed by atoms with Crippen LogP contribution in [0.25, 0.3) is 0 Å². The highest BCUT2D eigenvalue weighted by molar-refractivity contribution is 14.1. The fourth-order valence-electron chi connectivity index (χ4n) is 1.78. The van der Waals surface area contributed by atoms with Gasteiger partial charge in [0.1, 0.15) is 5.75 Å². The predicted molar refractivity (Wildman–Crippen MR) is 91.3 cm³/mol. The number of nitrogens with two attached hydrogens (primary N) is 1. The van der Waals surface area contributed by atoms with Gasteiger partial charge in [-0.25, -0.2) is 0 Å². The van der Waals surface area contributed by atoms with Crippen LogP contribution in [-0.2, 0) is 16.6 Å². The Morgan fingerprint density at radius 2 is 1.90 bits per heavy atom. The number of ether oxygens (including phenoxy) is 1. The van der Waals surface area contributed by atoms with Gasteiger partial charge in [-0.15, -0.1) is 0 Å². The summed E-state index contributed by atoms with van der Waals surface area (Å²) in [5.74, 6) is 1.16. The molecule has 0 aromatic heterocycles. The van der Waals surface area contributed by atoms with Gasteiger partial charge in [0.15, 0.2) is 0 Å². The Labute approximate surface area is 135 Å². The second-order valence-corrected chi connectivity index (χ2v) is 6.91. The van der Waals surface area contributed by atoms with Gasteiger partial charge in [-0.3, -0.25) is 4.21 Å². The lowest BCUT2D eigenvalue weighted by molar-refractivity contribution is 0.339. The Morgan fingerprint density at radius 3 is 2.55 bits per heavy atom. The quantitative estimate of drug-likeness (QED) is 0.616. The zero-order valence-electron chi connectivity index (χ0n) is 11.1. The van der Waals surface area contributed by atoms with Gasteiger partial charge in [0, 0.05) is 9.26 Å². The highest BCUT2D eigenvalue weighted by Gasteiger charge is 2.10. The first-order valence-electron chi connectivity index (χ1n) is 6.25. The molecule has 0 aliphatic carbocycles. The van der Waals surface area contributed by atoms with Crippen LogP contribution in [0.5, 0.6) is 5.75 Å². The molecular formula is C15H16INO2S. The van der Waals surface area contributed by atoms with Gasteiger partial charge in [0.2, 0.25) is 0 Å². The first-order chi connectivity index (χ1) is 9.60. The second kappa shape index (κ2) is 7.08.